The van der Waals surface area contributed by atoms with Crippen LogP contribution in [0.4, 0.5) is 5.69 Å². The number of hydrogen-bond acceptors (Lipinski definition) is 4. The van der Waals surface area contributed by atoms with E-state index in [-0.39, 0.29) is 12.1 Å². The summed E-state index contributed by atoms with van der Waals surface area (Å²) >= 11 is 0. The van der Waals surface area contributed by atoms with E-state index in [4.69, 9.17) is 10.5 Å². The Hall–Kier alpha value is -1.52. The summed E-state index contributed by atoms with van der Waals surface area (Å²) in [5.41, 5.74) is 6.31. The molecular formula is C9H13N3O2. The number of rotatable bonds is 2. The molecule has 0 atom stereocenters. The molecule has 1 aliphatic rings. The number of aromatic nitrogens is 2. The van der Waals surface area contributed by atoms with Crippen molar-refractivity contribution in [2.75, 3.05) is 5.73 Å². The molecule has 5 nitrogen and oxygen atoms in total. The highest BCUT2D eigenvalue weighted by molar-refractivity contribution is 5.93. The molecule has 2 N–H and O–H groups in total. The molecular weight excluding hydrogens is 182 g/mol. The lowest BCUT2D eigenvalue weighted by molar-refractivity contribution is 0.00798. The highest BCUT2D eigenvalue weighted by atomic mass is 16.5. The largest absolute Gasteiger partial charge is 0.458 e. The highest BCUT2D eigenvalue weighted by Gasteiger charge is 2.25. The molecule has 0 amide bonds. The van der Waals surface area contributed by atoms with Crippen LogP contribution >= 0.6 is 0 Å². The second-order valence-electron chi connectivity index (χ2n) is 3.53. The summed E-state index contributed by atoms with van der Waals surface area (Å²) in [5.74, 6) is -0.368. The predicted molar refractivity (Wildman–Crippen MR) is 50.7 cm³/mol. The van der Waals surface area contributed by atoms with Gasteiger partial charge in [0.2, 0.25) is 0 Å². The monoisotopic (exact) mass is 195 g/mol. The van der Waals surface area contributed by atoms with Crippen LogP contribution < -0.4 is 5.73 Å². The van der Waals surface area contributed by atoms with Crippen LogP contribution in [0.5, 0.6) is 0 Å². The van der Waals surface area contributed by atoms with Gasteiger partial charge in [0.15, 0.2) is 5.69 Å². The molecule has 0 aliphatic heterocycles. The average Bonchev–Trinajstić information content (AvgIpc) is 2.39. The van der Waals surface area contributed by atoms with Crippen LogP contribution in [0.25, 0.3) is 0 Å². The number of nitrogen functional groups attached to an aromatic ring is 1. The van der Waals surface area contributed by atoms with Crippen LogP contribution in [0, 0.1) is 0 Å². The van der Waals surface area contributed by atoms with E-state index < -0.39 is 0 Å². The molecule has 0 radical (unpaired) electrons. The van der Waals surface area contributed by atoms with E-state index in [2.05, 4.69) is 5.10 Å². The standard InChI is InChI=1S/C9H13N3O2/c1-12-8(7(10)5-11-12)9(13)14-6-3-2-4-6/h5-6H,2-4,10H2,1H3. The number of hydrogen-bond donors (Lipinski definition) is 1. The van der Waals surface area contributed by atoms with E-state index in [1.165, 1.54) is 10.9 Å². The third-order valence-electron chi connectivity index (χ3n) is 2.49. The Balaban J connectivity index is 2.09. The molecule has 1 fully saturated rings. The van der Waals surface area contributed by atoms with Crippen LogP contribution in [0.15, 0.2) is 6.20 Å². The Labute approximate surface area is 81.8 Å². The van der Waals surface area contributed by atoms with E-state index in [1.807, 2.05) is 0 Å². The summed E-state index contributed by atoms with van der Waals surface area (Å²) in [6.07, 6.45) is 4.60. The van der Waals surface area contributed by atoms with Crippen LogP contribution in [0.1, 0.15) is 29.8 Å². The summed E-state index contributed by atoms with van der Waals surface area (Å²) in [4.78, 5) is 11.6. The van der Waals surface area contributed by atoms with Gasteiger partial charge in [0.05, 0.1) is 11.9 Å². The van der Waals surface area contributed by atoms with Gasteiger partial charge in [-0.25, -0.2) is 4.79 Å². The Bertz CT molecular complexity index is 335. The number of carbonyl (C=O) groups is 1. The van der Waals surface area contributed by atoms with Gasteiger partial charge in [-0.05, 0) is 19.3 Å². The highest BCUT2D eigenvalue weighted by Crippen LogP contribution is 2.23. The summed E-state index contributed by atoms with van der Waals surface area (Å²) < 4.78 is 6.65. The molecule has 76 valence electrons. The Kier molecular flexibility index (Phi) is 2.15. The molecule has 0 unspecified atom stereocenters. The van der Waals surface area contributed by atoms with Gasteiger partial charge in [-0.1, -0.05) is 0 Å². The number of aryl methyl sites for hydroxylation is 1. The molecule has 0 saturated heterocycles. The first-order valence-corrected chi connectivity index (χ1v) is 4.67. The van der Waals surface area contributed by atoms with Gasteiger partial charge in [0.25, 0.3) is 0 Å². The Morgan fingerprint density at radius 1 is 1.71 bits per heavy atom. The number of ether oxygens (including phenoxy) is 1. The lowest BCUT2D eigenvalue weighted by Crippen LogP contribution is -2.26. The number of esters is 1. The smallest absolute Gasteiger partial charge is 0.359 e. The zero-order valence-electron chi connectivity index (χ0n) is 8.06. The summed E-state index contributed by atoms with van der Waals surface area (Å²) in [7, 11) is 1.67. The molecule has 5 heteroatoms. The van der Waals surface area contributed by atoms with Crippen molar-refractivity contribution in [1.29, 1.82) is 0 Å². The molecule has 0 aromatic carbocycles. The van der Waals surface area contributed by atoms with Crippen molar-refractivity contribution in [2.24, 2.45) is 7.05 Å². The number of nitrogens with zero attached hydrogens (tertiary/aromatic N) is 2. The zero-order chi connectivity index (χ0) is 10.1. The molecule has 1 aliphatic carbocycles. The van der Waals surface area contributed by atoms with E-state index in [1.54, 1.807) is 7.05 Å². The zero-order valence-corrected chi connectivity index (χ0v) is 8.06. The number of carbonyl (C=O) groups excluding carboxylic acids is 1. The minimum atomic E-state index is -0.368. The Morgan fingerprint density at radius 2 is 2.43 bits per heavy atom. The molecule has 1 saturated carbocycles. The number of nitrogens with two attached hydrogens (primary N) is 1. The third-order valence-corrected chi connectivity index (χ3v) is 2.49. The number of anilines is 1. The second kappa shape index (κ2) is 3.32. The fourth-order valence-corrected chi connectivity index (χ4v) is 1.40. The second-order valence-corrected chi connectivity index (χ2v) is 3.53. The molecule has 1 heterocycles. The maximum absolute atomic E-state index is 11.6. The maximum Gasteiger partial charge on any atom is 0.359 e. The van der Waals surface area contributed by atoms with Crippen molar-refractivity contribution in [3.63, 3.8) is 0 Å². The maximum atomic E-state index is 11.6. The normalized spacial score (nSPS) is 16.4. The van der Waals surface area contributed by atoms with E-state index in [9.17, 15) is 4.79 Å². The fraction of sp³-hybridized carbons (Fsp3) is 0.556. The lowest BCUT2D eigenvalue weighted by Gasteiger charge is -2.25. The first-order chi connectivity index (χ1) is 6.68. The predicted octanol–water partition coefficient (Wildman–Crippen LogP) is 0.712. The van der Waals surface area contributed by atoms with Gasteiger partial charge in [0, 0.05) is 7.05 Å². The van der Waals surface area contributed by atoms with Crippen molar-refractivity contribution in [3.8, 4) is 0 Å². The van der Waals surface area contributed by atoms with Crippen LogP contribution in [-0.2, 0) is 11.8 Å². The van der Waals surface area contributed by atoms with Gasteiger partial charge in [0.1, 0.15) is 6.10 Å². The van der Waals surface area contributed by atoms with Crippen LogP contribution in [0.3, 0.4) is 0 Å². The van der Waals surface area contributed by atoms with Crippen molar-refractivity contribution < 1.29 is 9.53 Å². The van der Waals surface area contributed by atoms with E-state index in [0.29, 0.717) is 11.4 Å². The SMILES string of the molecule is Cn1ncc(N)c1C(=O)OC1CCC1. The van der Waals surface area contributed by atoms with Crippen LogP contribution in [0.2, 0.25) is 0 Å². The summed E-state index contributed by atoms with van der Waals surface area (Å²) in [6, 6.07) is 0. The van der Waals surface area contributed by atoms with Crippen molar-refractivity contribution in [3.05, 3.63) is 11.9 Å². The molecule has 0 bridgehead atoms. The van der Waals surface area contributed by atoms with E-state index in [0.717, 1.165) is 19.3 Å². The molecule has 1 aromatic rings. The third kappa shape index (κ3) is 1.45. The first kappa shape index (κ1) is 9.05. The lowest BCUT2D eigenvalue weighted by atomic mass is 9.96. The average molecular weight is 195 g/mol. The minimum absolute atomic E-state index is 0.0804. The summed E-state index contributed by atoms with van der Waals surface area (Å²) in [6.45, 7) is 0. The van der Waals surface area contributed by atoms with Gasteiger partial charge >= 0.3 is 5.97 Å². The fourth-order valence-electron chi connectivity index (χ4n) is 1.40. The molecule has 2 rings (SSSR count). The molecule has 1 aromatic heterocycles. The van der Waals surface area contributed by atoms with Gasteiger partial charge in [-0.2, -0.15) is 5.10 Å². The van der Waals surface area contributed by atoms with Crippen molar-refractivity contribution >= 4 is 11.7 Å². The van der Waals surface area contributed by atoms with Crippen LogP contribution in [-0.4, -0.2) is 21.9 Å². The quantitative estimate of drug-likeness (QED) is 0.705. The first-order valence-electron chi connectivity index (χ1n) is 4.67. The van der Waals surface area contributed by atoms with Crippen molar-refractivity contribution in [1.82, 2.24) is 9.78 Å². The molecule has 0 spiro atoms. The van der Waals surface area contributed by atoms with Gasteiger partial charge in [-0.15, -0.1) is 0 Å². The van der Waals surface area contributed by atoms with Gasteiger partial charge in [-0.3, -0.25) is 4.68 Å². The van der Waals surface area contributed by atoms with E-state index >= 15 is 0 Å². The van der Waals surface area contributed by atoms with Crippen molar-refractivity contribution in [2.45, 2.75) is 25.4 Å². The Morgan fingerprint density at radius 3 is 2.86 bits per heavy atom. The molecule has 14 heavy (non-hydrogen) atoms. The topological polar surface area (TPSA) is 70.1 Å². The van der Waals surface area contributed by atoms with Gasteiger partial charge < -0.3 is 10.5 Å². The minimum Gasteiger partial charge on any atom is -0.458 e. The summed E-state index contributed by atoms with van der Waals surface area (Å²) in [5, 5.41) is 3.88.